The number of fused-ring (bicyclic) bond motifs is 3. The predicted molar refractivity (Wildman–Crippen MR) is 114 cm³/mol. The summed E-state index contributed by atoms with van der Waals surface area (Å²) in [7, 11) is 0. The van der Waals surface area contributed by atoms with Gasteiger partial charge in [0.25, 0.3) is 0 Å². The Morgan fingerprint density at radius 1 is 1.17 bits per heavy atom. The average molecular weight is 403 g/mol. The monoisotopic (exact) mass is 403 g/mol. The number of aromatic nitrogens is 3. The maximum Gasteiger partial charge on any atom is 0.229 e. The molecule has 7 nitrogen and oxygen atoms in total. The number of nitrogens with zero attached hydrogens (tertiary/aromatic N) is 4. The van der Waals surface area contributed by atoms with Crippen molar-refractivity contribution in [2.24, 2.45) is 11.8 Å². The number of aromatic hydroxyl groups is 1. The third-order valence-corrected chi connectivity index (χ3v) is 6.34. The van der Waals surface area contributed by atoms with Gasteiger partial charge in [-0.2, -0.15) is 0 Å². The fourth-order valence-electron chi connectivity index (χ4n) is 4.78. The molecule has 6 rings (SSSR count). The van der Waals surface area contributed by atoms with E-state index < -0.39 is 0 Å². The number of rotatable bonds is 5. The molecule has 3 fully saturated rings. The Labute approximate surface area is 175 Å². The van der Waals surface area contributed by atoms with Crippen LogP contribution in [0.4, 0.5) is 5.69 Å². The van der Waals surface area contributed by atoms with Crippen LogP contribution in [0.3, 0.4) is 0 Å². The van der Waals surface area contributed by atoms with Gasteiger partial charge in [-0.15, -0.1) is 5.10 Å². The number of nitrogens with one attached hydrogen (secondary N) is 1. The van der Waals surface area contributed by atoms with Crippen LogP contribution in [-0.4, -0.2) is 50.0 Å². The van der Waals surface area contributed by atoms with E-state index in [2.05, 4.69) is 20.5 Å². The van der Waals surface area contributed by atoms with E-state index in [1.807, 2.05) is 47.3 Å². The average Bonchev–Trinajstić information content (AvgIpc) is 3.23. The second-order valence-corrected chi connectivity index (χ2v) is 8.27. The van der Waals surface area contributed by atoms with Gasteiger partial charge in [0.1, 0.15) is 11.4 Å². The highest BCUT2D eigenvalue weighted by Gasteiger charge is 2.43. The molecule has 2 N–H and O–H groups in total. The number of carbonyl (C=O) groups excluding carboxylic acids is 1. The zero-order chi connectivity index (χ0) is 20.5. The third-order valence-electron chi connectivity index (χ3n) is 6.34. The minimum atomic E-state index is 0.0359. The van der Waals surface area contributed by atoms with E-state index in [0.717, 1.165) is 49.4 Å². The van der Waals surface area contributed by atoms with Gasteiger partial charge in [-0.05, 0) is 49.6 Å². The molecule has 7 heteroatoms. The quantitative estimate of drug-likeness (QED) is 0.684. The molecule has 154 valence electrons. The van der Waals surface area contributed by atoms with E-state index >= 15 is 0 Å². The van der Waals surface area contributed by atoms with Crippen molar-refractivity contribution in [3.63, 3.8) is 0 Å². The first-order valence-corrected chi connectivity index (χ1v) is 10.5. The van der Waals surface area contributed by atoms with Gasteiger partial charge in [0.15, 0.2) is 0 Å². The van der Waals surface area contributed by atoms with Gasteiger partial charge >= 0.3 is 0 Å². The molecule has 1 amide bonds. The number of phenolic OH excluding ortho intramolecular Hbond substituents is 1. The summed E-state index contributed by atoms with van der Waals surface area (Å²) in [5.41, 5.74) is 2.46. The molecule has 0 spiro atoms. The Kier molecular flexibility index (Phi) is 4.96. The molecule has 1 unspecified atom stereocenters. The summed E-state index contributed by atoms with van der Waals surface area (Å²) in [4.78, 5) is 15.2. The van der Waals surface area contributed by atoms with E-state index in [0.29, 0.717) is 12.0 Å². The van der Waals surface area contributed by atoms with Gasteiger partial charge in [0.2, 0.25) is 5.91 Å². The molecular formula is C23H25N5O2. The van der Waals surface area contributed by atoms with Crippen molar-refractivity contribution in [1.82, 2.24) is 19.9 Å². The predicted octanol–water partition coefficient (Wildman–Crippen LogP) is 3.00. The highest BCUT2D eigenvalue weighted by atomic mass is 16.3. The van der Waals surface area contributed by atoms with Crippen LogP contribution in [0.25, 0.3) is 11.3 Å². The Morgan fingerprint density at radius 2 is 2.03 bits per heavy atom. The van der Waals surface area contributed by atoms with Crippen LogP contribution < -0.4 is 5.32 Å². The van der Waals surface area contributed by atoms with Gasteiger partial charge in [-0.1, -0.05) is 35.5 Å². The van der Waals surface area contributed by atoms with Gasteiger partial charge in [-0.3, -0.25) is 14.4 Å². The van der Waals surface area contributed by atoms with Crippen molar-refractivity contribution in [1.29, 1.82) is 0 Å². The van der Waals surface area contributed by atoms with Crippen molar-refractivity contribution >= 4 is 11.6 Å². The minimum Gasteiger partial charge on any atom is -0.508 e. The molecule has 4 heterocycles. The number of amides is 1. The summed E-state index contributed by atoms with van der Waals surface area (Å²) >= 11 is 0. The Morgan fingerprint density at radius 3 is 2.80 bits per heavy atom. The second kappa shape index (κ2) is 7.91. The zero-order valence-electron chi connectivity index (χ0n) is 16.7. The van der Waals surface area contributed by atoms with Gasteiger partial charge in [-0.25, -0.2) is 0 Å². The van der Waals surface area contributed by atoms with Gasteiger partial charge in [0.05, 0.1) is 18.7 Å². The smallest absolute Gasteiger partial charge is 0.229 e. The third kappa shape index (κ3) is 3.80. The zero-order valence-corrected chi connectivity index (χ0v) is 16.7. The number of phenols is 1. The highest BCUT2D eigenvalue weighted by Crippen LogP contribution is 2.37. The molecule has 2 bridgehead atoms. The number of hydrogen-bond acceptors (Lipinski definition) is 5. The van der Waals surface area contributed by atoms with E-state index in [-0.39, 0.29) is 17.6 Å². The SMILES string of the molecule is O=C(Nc1ccccc1)[C@H]1CN2CC[C@@H]1C[C@@H]2Cn1cc(-c2cccc(O)c2)nn1. The number of piperidine rings is 3. The fourth-order valence-corrected chi connectivity index (χ4v) is 4.78. The first kappa shape index (κ1) is 18.8. The first-order valence-electron chi connectivity index (χ1n) is 10.5. The minimum absolute atomic E-state index is 0.0359. The lowest BCUT2D eigenvalue weighted by Crippen LogP contribution is -2.57. The Hall–Kier alpha value is -3.19. The second-order valence-electron chi connectivity index (χ2n) is 8.27. The number of benzene rings is 2. The lowest BCUT2D eigenvalue weighted by molar-refractivity contribution is -0.127. The summed E-state index contributed by atoms with van der Waals surface area (Å²) in [6.45, 7) is 2.58. The van der Waals surface area contributed by atoms with E-state index in [4.69, 9.17) is 0 Å². The van der Waals surface area contributed by atoms with Crippen LogP contribution in [0.2, 0.25) is 0 Å². The van der Waals surface area contributed by atoms with Crippen LogP contribution in [0.15, 0.2) is 60.8 Å². The summed E-state index contributed by atoms with van der Waals surface area (Å²) < 4.78 is 1.88. The molecule has 0 aliphatic carbocycles. The van der Waals surface area contributed by atoms with Crippen LogP contribution in [-0.2, 0) is 11.3 Å². The molecule has 3 saturated heterocycles. The standard InChI is InChI=1S/C23H25N5O2/c29-20-8-4-5-17(12-20)22-15-28(26-25-22)13-19-11-16-9-10-27(19)14-21(16)23(30)24-18-6-2-1-3-7-18/h1-8,12,15-16,19,21,29H,9-11,13-14H2,(H,24,30)/t16-,19-,21+/m1/s1. The summed E-state index contributed by atoms with van der Waals surface area (Å²) in [5, 5.41) is 21.3. The van der Waals surface area contributed by atoms with Crippen molar-refractivity contribution in [2.45, 2.75) is 25.4 Å². The van der Waals surface area contributed by atoms with Gasteiger partial charge < -0.3 is 10.4 Å². The lowest BCUT2D eigenvalue weighted by atomic mass is 9.75. The maximum atomic E-state index is 12.8. The summed E-state index contributed by atoms with van der Waals surface area (Å²) in [6.07, 6.45) is 3.99. The van der Waals surface area contributed by atoms with Crippen molar-refractivity contribution in [3.8, 4) is 17.0 Å². The molecule has 2 aromatic carbocycles. The summed E-state index contributed by atoms with van der Waals surface area (Å²) in [6, 6.07) is 17.1. The van der Waals surface area contributed by atoms with Crippen LogP contribution in [0.1, 0.15) is 12.8 Å². The van der Waals surface area contributed by atoms with Crippen LogP contribution in [0, 0.1) is 11.8 Å². The first-order chi connectivity index (χ1) is 14.7. The van der Waals surface area contributed by atoms with Crippen molar-refractivity contribution in [2.75, 3.05) is 18.4 Å². The fraction of sp³-hybridized carbons (Fsp3) is 0.348. The maximum absolute atomic E-state index is 12.8. The van der Waals surface area contributed by atoms with E-state index in [9.17, 15) is 9.90 Å². The molecule has 0 radical (unpaired) electrons. The molecule has 3 aliphatic heterocycles. The topological polar surface area (TPSA) is 83.3 Å². The number of hydrogen-bond donors (Lipinski definition) is 2. The van der Waals surface area contributed by atoms with E-state index in [1.54, 1.807) is 18.2 Å². The number of para-hydroxylation sites is 1. The number of carbonyl (C=O) groups is 1. The largest absolute Gasteiger partial charge is 0.508 e. The van der Waals surface area contributed by atoms with Crippen molar-refractivity contribution in [3.05, 3.63) is 60.8 Å². The normalized spacial score (nSPS) is 25.2. The van der Waals surface area contributed by atoms with Crippen molar-refractivity contribution < 1.29 is 9.90 Å². The Balaban J connectivity index is 1.23. The molecule has 1 aromatic heterocycles. The summed E-state index contributed by atoms with van der Waals surface area (Å²) in [5.74, 6) is 0.783. The lowest BCUT2D eigenvalue weighted by Gasteiger charge is -2.49. The Bertz CT molecular complexity index is 1030. The van der Waals surface area contributed by atoms with Gasteiger partial charge in [0, 0.05) is 23.8 Å². The van der Waals surface area contributed by atoms with Crippen LogP contribution >= 0.6 is 0 Å². The molecule has 3 aromatic rings. The highest BCUT2D eigenvalue weighted by molar-refractivity contribution is 5.93. The molecule has 3 aliphatic rings. The molecule has 0 saturated carbocycles. The molecule has 30 heavy (non-hydrogen) atoms. The van der Waals surface area contributed by atoms with E-state index in [1.165, 1.54) is 0 Å². The number of anilines is 1. The molecule has 4 atom stereocenters. The van der Waals surface area contributed by atoms with Crippen LogP contribution in [0.5, 0.6) is 5.75 Å². The molecular weight excluding hydrogens is 378 g/mol.